The van der Waals surface area contributed by atoms with E-state index >= 15 is 0 Å². The maximum atomic E-state index is 11.2. The van der Waals surface area contributed by atoms with Crippen LogP contribution in [-0.4, -0.2) is 19.0 Å². The molecule has 1 aromatic rings. The molecule has 2 N–H and O–H groups in total. The molecule has 5 nitrogen and oxygen atoms in total. The molecule has 0 spiro atoms. The zero-order chi connectivity index (χ0) is 13.0. The zero-order valence-electron chi connectivity index (χ0n) is 9.77. The molecule has 0 bridgehead atoms. The van der Waals surface area contributed by atoms with Crippen molar-refractivity contribution < 1.29 is 14.3 Å². The van der Waals surface area contributed by atoms with E-state index in [1.807, 2.05) is 30.3 Å². The van der Waals surface area contributed by atoms with Crippen LogP contribution >= 0.6 is 0 Å². The summed E-state index contributed by atoms with van der Waals surface area (Å²) < 4.78 is 5.04. The molecule has 0 unspecified atom stereocenters. The smallest absolute Gasteiger partial charge is 0.326 e. The van der Waals surface area contributed by atoms with Gasteiger partial charge in [-0.05, 0) is 23.8 Å². The van der Waals surface area contributed by atoms with Gasteiger partial charge in [0.1, 0.15) is 11.4 Å². The summed E-state index contributed by atoms with van der Waals surface area (Å²) in [7, 11) is 1.61. The number of carbonyl (C=O) groups excluding carboxylic acids is 2. The lowest BCUT2D eigenvalue weighted by Crippen LogP contribution is -2.22. The van der Waals surface area contributed by atoms with Gasteiger partial charge in [-0.2, -0.15) is 0 Å². The molecule has 92 valence electrons. The zero-order valence-corrected chi connectivity index (χ0v) is 9.77. The summed E-state index contributed by atoms with van der Waals surface area (Å²) >= 11 is 0. The molecule has 3 amide bonds. The minimum Gasteiger partial charge on any atom is -0.497 e. The van der Waals surface area contributed by atoms with Gasteiger partial charge in [0.15, 0.2) is 0 Å². The number of nitrogens with one attached hydrogen (secondary N) is 2. The quantitative estimate of drug-likeness (QED) is 0.624. The average Bonchev–Trinajstić information content (AvgIpc) is 2.69. The van der Waals surface area contributed by atoms with Gasteiger partial charge in [0.25, 0.3) is 5.91 Å². The largest absolute Gasteiger partial charge is 0.497 e. The summed E-state index contributed by atoms with van der Waals surface area (Å²) in [6.07, 6.45) is 5.07. The lowest BCUT2D eigenvalue weighted by atomic mass is 10.2. The van der Waals surface area contributed by atoms with Crippen molar-refractivity contribution in [3.8, 4) is 5.75 Å². The Kier molecular flexibility index (Phi) is 3.43. The van der Waals surface area contributed by atoms with Gasteiger partial charge in [-0.3, -0.25) is 10.1 Å². The van der Waals surface area contributed by atoms with E-state index in [0.717, 1.165) is 11.3 Å². The van der Waals surface area contributed by atoms with Crippen molar-refractivity contribution in [2.24, 2.45) is 0 Å². The van der Waals surface area contributed by atoms with E-state index in [4.69, 9.17) is 4.74 Å². The second-order valence-electron chi connectivity index (χ2n) is 3.62. The summed E-state index contributed by atoms with van der Waals surface area (Å²) in [5.41, 5.74) is 1.21. The second kappa shape index (κ2) is 5.18. The number of hydrogen-bond donors (Lipinski definition) is 2. The molecular formula is C13H12N2O3. The normalized spacial score (nSPS) is 17.1. The van der Waals surface area contributed by atoms with Crippen molar-refractivity contribution in [3.05, 3.63) is 47.7 Å². The SMILES string of the molecule is COc1ccc(/C=C/C=C2/NC(=O)NC2=O)cc1. The fourth-order valence-corrected chi connectivity index (χ4v) is 1.47. The first-order valence-corrected chi connectivity index (χ1v) is 5.34. The Hall–Kier alpha value is -2.56. The highest BCUT2D eigenvalue weighted by atomic mass is 16.5. The summed E-state index contributed by atoms with van der Waals surface area (Å²) in [5, 5.41) is 4.52. The van der Waals surface area contributed by atoms with Crippen LogP contribution < -0.4 is 15.4 Å². The summed E-state index contributed by atoms with van der Waals surface area (Å²) in [6.45, 7) is 0. The number of benzene rings is 1. The summed E-state index contributed by atoms with van der Waals surface area (Å²) in [4.78, 5) is 22.0. The topological polar surface area (TPSA) is 67.4 Å². The van der Waals surface area contributed by atoms with E-state index in [1.165, 1.54) is 0 Å². The van der Waals surface area contributed by atoms with Crippen molar-refractivity contribution >= 4 is 18.0 Å². The highest BCUT2D eigenvalue weighted by Crippen LogP contribution is 2.12. The lowest BCUT2D eigenvalue weighted by Gasteiger charge is -1.98. The molecule has 1 saturated heterocycles. The van der Waals surface area contributed by atoms with Crippen LogP contribution in [0.5, 0.6) is 5.75 Å². The average molecular weight is 244 g/mol. The molecular weight excluding hydrogens is 232 g/mol. The third-order valence-electron chi connectivity index (χ3n) is 2.39. The third-order valence-corrected chi connectivity index (χ3v) is 2.39. The van der Waals surface area contributed by atoms with Gasteiger partial charge in [-0.25, -0.2) is 4.79 Å². The molecule has 2 rings (SSSR count). The van der Waals surface area contributed by atoms with Crippen LogP contribution in [0.4, 0.5) is 4.79 Å². The molecule has 0 aromatic heterocycles. The first-order chi connectivity index (χ1) is 8.69. The number of urea groups is 1. The monoisotopic (exact) mass is 244 g/mol. The van der Waals surface area contributed by atoms with Gasteiger partial charge >= 0.3 is 6.03 Å². The van der Waals surface area contributed by atoms with Crippen LogP contribution in [-0.2, 0) is 4.79 Å². The number of hydrogen-bond acceptors (Lipinski definition) is 3. The van der Waals surface area contributed by atoms with Crippen molar-refractivity contribution in [1.29, 1.82) is 0 Å². The Bertz CT molecular complexity index is 530. The molecule has 1 fully saturated rings. The van der Waals surface area contributed by atoms with Crippen LogP contribution in [0, 0.1) is 0 Å². The Labute approximate surface area is 104 Å². The van der Waals surface area contributed by atoms with E-state index in [2.05, 4.69) is 10.6 Å². The van der Waals surface area contributed by atoms with Crippen LogP contribution in [0.1, 0.15) is 5.56 Å². The van der Waals surface area contributed by atoms with Gasteiger partial charge in [0, 0.05) is 0 Å². The Morgan fingerprint density at radius 2 is 1.83 bits per heavy atom. The van der Waals surface area contributed by atoms with Crippen LogP contribution in [0.25, 0.3) is 6.08 Å². The van der Waals surface area contributed by atoms with E-state index in [-0.39, 0.29) is 5.70 Å². The molecule has 5 heteroatoms. The molecule has 1 heterocycles. The van der Waals surface area contributed by atoms with E-state index in [9.17, 15) is 9.59 Å². The fraction of sp³-hybridized carbons (Fsp3) is 0.0769. The predicted molar refractivity (Wildman–Crippen MR) is 66.8 cm³/mol. The van der Waals surface area contributed by atoms with Gasteiger partial charge in [-0.1, -0.05) is 24.3 Å². The minimum atomic E-state index is -0.496. The van der Waals surface area contributed by atoms with Gasteiger partial charge in [0.2, 0.25) is 0 Å². The minimum absolute atomic E-state index is 0.241. The lowest BCUT2D eigenvalue weighted by molar-refractivity contribution is -0.115. The first kappa shape index (κ1) is 11.9. The van der Waals surface area contributed by atoms with Gasteiger partial charge < -0.3 is 10.1 Å². The third kappa shape index (κ3) is 2.76. The Morgan fingerprint density at radius 3 is 2.39 bits per heavy atom. The summed E-state index contributed by atoms with van der Waals surface area (Å²) in [6, 6.07) is 6.97. The standard InChI is InChI=1S/C13H12N2O3/c1-18-10-7-5-9(6-8-10)3-2-4-11-12(16)15-13(17)14-11/h2-8H,1H3,(H2,14,15,16,17)/b3-2+,11-4+. The van der Waals surface area contributed by atoms with E-state index < -0.39 is 11.9 Å². The maximum Gasteiger partial charge on any atom is 0.326 e. The predicted octanol–water partition coefficient (Wildman–Crippen LogP) is 1.43. The second-order valence-corrected chi connectivity index (χ2v) is 3.62. The highest BCUT2D eigenvalue weighted by Gasteiger charge is 2.21. The van der Waals surface area contributed by atoms with Gasteiger partial charge in [-0.15, -0.1) is 0 Å². The number of allylic oxidation sites excluding steroid dienone is 2. The number of ether oxygens (including phenoxy) is 1. The molecule has 1 aliphatic heterocycles. The molecule has 0 atom stereocenters. The highest BCUT2D eigenvalue weighted by molar-refractivity contribution is 6.11. The van der Waals surface area contributed by atoms with Crippen LogP contribution in [0.3, 0.4) is 0 Å². The maximum absolute atomic E-state index is 11.2. The van der Waals surface area contributed by atoms with Crippen LogP contribution in [0.15, 0.2) is 42.1 Å². The summed E-state index contributed by atoms with van der Waals surface area (Å²) in [5.74, 6) is 0.368. The van der Waals surface area contributed by atoms with E-state index in [1.54, 1.807) is 19.3 Å². The molecule has 18 heavy (non-hydrogen) atoms. The number of carbonyl (C=O) groups is 2. The Balaban J connectivity index is 2.04. The first-order valence-electron chi connectivity index (χ1n) is 5.34. The van der Waals surface area contributed by atoms with E-state index in [0.29, 0.717) is 0 Å². The number of methoxy groups -OCH3 is 1. The van der Waals surface area contributed by atoms with Crippen molar-refractivity contribution in [1.82, 2.24) is 10.6 Å². The molecule has 0 aliphatic carbocycles. The molecule has 1 aromatic carbocycles. The fourth-order valence-electron chi connectivity index (χ4n) is 1.47. The molecule has 0 radical (unpaired) electrons. The van der Waals surface area contributed by atoms with Gasteiger partial charge in [0.05, 0.1) is 7.11 Å². The van der Waals surface area contributed by atoms with Crippen molar-refractivity contribution in [3.63, 3.8) is 0 Å². The number of amides is 3. The number of imide groups is 1. The van der Waals surface area contributed by atoms with Crippen molar-refractivity contribution in [2.75, 3.05) is 7.11 Å². The molecule has 1 aliphatic rings. The Morgan fingerprint density at radius 1 is 1.11 bits per heavy atom. The molecule has 0 saturated carbocycles. The number of rotatable bonds is 3. The van der Waals surface area contributed by atoms with Crippen molar-refractivity contribution in [2.45, 2.75) is 0 Å². The van der Waals surface area contributed by atoms with Crippen LogP contribution in [0.2, 0.25) is 0 Å².